The Hall–Kier alpha value is -2.86. The van der Waals surface area contributed by atoms with Gasteiger partial charge in [0.05, 0.1) is 12.6 Å². The second-order valence-corrected chi connectivity index (χ2v) is 8.26. The highest BCUT2D eigenvalue weighted by Crippen LogP contribution is 2.20. The van der Waals surface area contributed by atoms with Crippen molar-refractivity contribution in [3.63, 3.8) is 0 Å². The number of nitrogens with zero attached hydrogens (tertiary/aromatic N) is 1. The van der Waals surface area contributed by atoms with Crippen LogP contribution in [0.1, 0.15) is 50.8 Å². The van der Waals surface area contributed by atoms with E-state index < -0.39 is 17.8 Å². The molecular formula is C24H31NO5. The number of likely N-dealkylation sites (N-methyl/N-ethyl adjacent to an activating group) is 1. The lowest BCUT2D eigenvalue weighted by Crippen LogP contribution is -2.36. The molecule has 162 valence electrons. The van der Waals surface area contributed by atoms with Crippen LogP contribution in [-0.4, -0.2) is 41.3 Å². The van der Waals surface area contributed by atoms with E-state index in [4.69, 9.17) is 9.47 Å². The molecule has 1 amide bonds. The Kier molecular flexibility index (Phi) is 8.42. The van der Waals surface area contributed by atoms with Crippen molar-refractivity contribution in [2.45, 2.75) is 51.7 Å². The molecule has 0 saturated heterocycles. The number of carbonyl (C=O) groups is 2. The van der Waals surface area contributed by atoms with Gasteiger partial charge in [0.2, 0.25) is 0 Å². The van der Waals surface area contributed by atoms with Gasteiger partial charge in [0.25, 0.3) is 0 Å². The van der Waals surface area contributed by atoms with Crippen molar-refractivity contribution in [2.24, 2.45) is 0 Å². The lowest BCUT2D eigenvalue weighted by Gasteiger charge is -2.26. The molecule has 6 nitrogen and oxygen atoms in total. The minimum absolute atomic E-state index is 0.0908. The predicted molar refractivity (Wildman–Crippen MR) is 115 cm³/mol. The summed E-state index contributed by atoms with van der Waals surface area (Å²) in [4.78, 5) is 25.4. The Morgan fingerprint density at radius 1 is 1.03 bits per heavy atom. The van der Waals surface area contributed by atoms with Crippen molar-refractivity contribution < 1.29 is 24.2 Å². The zero-order chi connectivity index (χ0) is 22.1. The highest BCUT2D eigenvalue weighted by molar-refractivity contribution is 5.72. The topological polar surface area (TPSA) is 76.1 Å². The maximum atomic E-state index is 12.0. The Labute approximate surface area is 178 Å². The maximum absolute atomic E-state index is 12.0. The van der Waals surface area contributed by atoms with Crippen LogP contribution in [-0.2, 0) is 16.0 Å². The molecule has 2 aromatic rings. The van der Waals surface area contributed by atoms with Crippen LogP contribution in [0.4, 0.5) is 4.79 Å². The molecule has 0 fully saturated rings. The van der Waals surface area contributed by atoms with Gasteiger partial charge in [0.15, 0.2) is 0 Å². The van der Waals surface area contributed by atoms with E-state index in [2.05, 4.69) is 0 Å². The molecule has 0 aliphatic rings. The monoisotopic (exact) mass is 413 g/mol. The second kappa shape index (κ2) is 10.8. The molecule has 0 heterocycles. The highest BCUT2D eigenvalue weighted by Gasteiger charge is 2.22. The smallest absolute Gasteiger partial charge is 0.410 e. The third-order valence-corrected chi connectivity index (χ3v) is 4.34. The molecule has 0 saturated carbocycles. The number of esters is 1. The molecular weight excluding hydrogens is 382 g/mol. The average Bonchev–Trinajstić information content (AvgIpc) is 2.68. The van der Waals surface area contributed by atoms with Crippen LogP contribution < -0.4 is 4.74 Å². The summed E-state index contributed by atoms with van der Waals surface area (Å²) in [7, 11) is 1.57. The molecule has 0 aliphatic heterocycles. The number of rotatable bonds is 8. The number of hydrogen-bond donors (Lipinski definition) is 1. The standard InChI is InChI=1S/C24H31NO5/c1-24(2,3)30-23(28)25(4)17-21(26)19-13-15-20(16-14-19)29-22(27)12-8-11-18-9-6-5-7-10-18/h5-7,9-10,13-16,21,26H,8,11-12,17H2,1-4H3. The van der Waals surface area contributed by atoms with Gasteiger partial charge < -0.3 is 19.5 Å². The SMILES string of the molecule is CN(CC(O)c1ccc(OC(=O)CCCc2ccccc2)cc1)C(=O)OC(C)(C)C. The van der Waals surface area contributed by atoms with E-state index in [9.17, 15) is 14.7 Å². The van der Waals surface area contributed by atoms with Crippen molar-refractivity contribution >= 4 is 12.1 Å². The van der Waals surface area contributed by atoms with Gasteiger partial charge in [-0.2, -0.15) is 0 Å². The fraction of sp³-hybridized carbons (Fsp3) is 0.417. The number of amides is 1. The zero-order valence-electron chi connectivity index (χ0n) is 18.1. The van der Waals surface area contributed by atoms with Crippen molar-refractivity contribution in [3.8, 4) is 5.75 Å². The Morgan fingerprint density at radius 3 is 2.27 bits per heavy atom. The quantitative estimate of drug-likeness (QED) is 0.509. The number of aryl methyl sites for hydroxylation is 1. The third kappa shape index (κ3) is 8.25. The van der Waals surface area contributed by atoms with E-state index in [1.165, 1.54) is 10.5 Å². The van der Waals surface area contributed by atoms with Crippen LogP contribution >= 0.6 is 0 Å². The summed E-state index contributed by atoms with van der Waals surface area (Å²) >= 11 is 0. The number of aliphatic hydroxyl groups excluding tert-OH is 1. The van der Waals surface area contributed by atoms with E-state index in [1.807, 2.05) is 30.3 Å². The van der Waals surface area contributed by atoms with Crippen LogP contribution in [0.25, 0.3) is 0 Å². The lowest BCUT2D eigenvalue weighted by molar-refractivity contribution is -0.134. The van der Waals surface area contributed by atoms with E-state index in [1.54, 1.807) is 52.1 Å². The number of ether oxygens (including phenoxy) is 2. The first-order valence-electron chi connectivity index (χ1n) is 10.1. The van der Waals surface area contributed by atoms with E-state index >= 15 is 0 Å². The molecule has 2 aromatic carbocycles. The molecule has 0 radical (unpaired) electrons. The van der Waals surface area contributed by atoms with E-state index in [-0.39, 0.29) is 12.5 Å². The Balaban J connectivity index is 1.79. The average molecular weight is 414 g/mol. The first kappa shape index (κ1) is 23.4. The summed E-state index contributed by atoms with van der Waals surface area (Å²) in [6.45, 7) is 5.46. The van der Waals surface area contributed by atoms with E-state index in [0.29, 0.717) is 17.7 Å². The first-order valence-corrected chi connectivity index (χ1v) is 10.1. The van der Waals surface area contributed by atoms with Gasteiger partial charge >= 0.3 is 12.1 Å². The summed E-state index contributed by atoms with van der Waals surface area (Å²) in [5.41, 5.74) is 1.22. The molecule has 1 N–H and O–H groups in total. The lowest BCUT2D eigenvalue weighted by atomic mass is 10.1. The summed E-state index contributed by atoms with van der Waals surface area (Å²) in [6, 6.07) is 16.6. The highest BCUT2D eigenvalue weighted by atomic mass is 16.6. The third-order valence-electron chi connectivity index (χ3n) is 4.34. The van der Waals surface area contributed by atoms with Gasteiger partial charge in [-0.15, -0.1) is 0 Å². The molecule has 6 heteroatoms. The van der Waals surface area contributed by atoms with Crippen LogP contribution in [0.5, 0.6) is 5.75 Å². The summed E-state index contributed by atoms with van der Waals surface area (Å²) in [5.74, 6) is 0.139. The Morgan fingerprint density at radius 2 is 1.67 bits per heavy atom. The van der Waals surface area contributed by atoms with Crippen LogP contribution in [0, 0.1) is 0 Å². The summed E-state index contributed by atoms with van der Waals surface area (Å²) in [5, 5.41) is 10.4. The van der Waals surface area contributed by atoms with Gasteiger partial charge in [-0.1, -0.05) is 42.5 Å². The Bertz CT molecular complexity index is 812. The molecule has 30 heavy (non-hydrogen) atoms. The van der Waals surface area contributed by atoms with Crippen LogP contribution in [0.2, 0.25) is 0 Å². The largest absolute Gasteiger partial charge is 0.444 e. The molecule has 1 atom stereocenters. The minimum atomic E-state index is -0.877. The molecule has 0 aromatic heterocycles. The molecule has 1 unspecified atom stereocenters. The van der Waals surface area contributed by atoms with Crippen molar-refractivity contribution in [2.75, 3.05) is 13.6 Å². The summed E-state index contributed by atoms with van der Waals surface area (Å²) in [6.07, 6.45) is 0.504. The van der Waals surface area contributed by atoms with Crippen molar-refractivity contribution in [1.82, 2.24) is 4.90 Å². The van der Waals surface area contributed by atoms with Gasteiger partial charge in [0.1, 0.15) is 11.4 Å². The molecule has 0 bridgehead atoms. The van der Waals surface area contributed by atoms with Crippen molar-refractivity contribution in [3.05, 3.63) is 65.7 Å². The van der Waals surface area contributed by atoms with Crippen LogP contribution in [0.3, 0.4) is 0 Å². The summed E-state index contributed by atoms with van der Waals surface area (Å²) < 4.78 is 10.6. The predicted octanol–water partition coefficient (Wildman–Crippen LogP) is 4.52. The maximum Gasteiger partial charge on any atom is 0.410 e. The molecule has 2 rings (SSSR count). The fourth-order valence-electron chi connectivity index (χ4n) is 2.80. The molecule has 0 aliphatic carbocycles. The number of aliphatic hydroxyl groups is 1. The van der Waals surface area contributed by atoms with Gasteiger partial charge in [-0.3, -0.25) is 4.79 Å². The van der Waals surface area contributed by atoms with E-state index in [0.717, 1.165) is 12.8 Å². The number of hydrogen-bond acceptors (Lipinski definition) is 5. The van der Waals surface area contributed by atoms with Gasteiger partial charge in [0, 0.05) is 13.5 Å². The van der Waals surface area contributed by atoms with Crippen LogP contribution in [0.15, 0.2) is 54.6 Å². The second-order valence-electron chi connectivity index (χ2n) is 8.26. The zero-order valence-corrected chi connectivity index (χ0v) is 18.1. The normalized spacial score (nSPS) is 12.2. The van der Waals surface area contributed by atoms with Gasteiger partial charge in [-0.05, 0) is 56.9 Å². The molecule has 0 spiro atoms. The first-order chi connectivity index (χ1) is 14.1. The van der Waals surface area contributed by atoms with Crippen molar-refractivity contribution in [1.29, 1.82) is 0 Å². The van der Waals surface area contributed by atoms with Gasteiger partial charge in [-0.25, -0.2) is 4.79 Å². The minimum Gasteiger partial charge on any atom is -0.444 e. The number of carbonyl (C=O) groups excluding carboxylic acids is 2. The fourth-order valence-corrected chi connectivity index (χ4v) is 2.80. The number of benzene rings is 2.